The molecule has 1 saturated heterocycles. The molecule has 0 bridgehead atoms. The summed E-state index contributed by atoms with van der Waals surface area (Å²) in [4.78, 5) is 0. The average Bonchev–Trinajstić information content (AvgIpc) is 2.89. The second-order valence-corrected chi connectivity index (χ2v) is 5.53. The quantitative estimate of drug-likeness (QED) is 0.929. The number of aryl methyl sites for hydroxylation is 1. The van der Waals surface area contributed by atoms with Gasteiger partial charge in [-0.3, -0.25) is 4.68 Å². The van der Waals surface area contributed by atoms with Crippen LogP contribution >= 0.6 is 15.9 Å². The molecular formula is C12H20BrN3O. The van der Waals surface area contributed by atoms with Gasteiger partial charge < -0.3 is 10.1 Å². The summed E-state index contributed by atoms with van der Waals surface area (Å²) >= 11 is 3.59. The van der Waals surface area contributed by atoms with Crippen molar-refractivity contribution in [3.63, 3.8) is 0 Å². The fourth-order valence-corrected chi connectivity index (χ4v) is 3.20. The van der Waals surface area contributed by atoms with E-state index < -0.39 is 0 Å². The number of hydrogen-bond acceptors (Lipinski definition) is 3. The van der Waals surface area contributed by atoms with Gasteiger partial charge in [-0.1, -0.05) is 0 Å². The van der Waals surface area contributed by atoms with Crippen molar-refractivity contribution >= 4 is 15.9 Å². The molecule has 1 aliphatic rings. The largest absolute Gasteiger partial charge is 0.373 e. The van der Waals surface area contributed by atoms with E-state index in [0.29, 0.717) is 0 Å². The summed E-state index contributed by atoms with van der Waals surface area (Å²) in [6, 6.07) is 0.168. The number of likely N-dealkylation sites (N-methyl/N-ethyl adjacent to an activating group) is 1. The van der Waals surface area contributed by atoms with Crippen LogP contribution in [0.25, 0.3) is 0 Å². The Kier molecular flexibility index (Phi) is 3.90. The van der Waals surface area contributed by atoms with Gasteiger partial charge in [0, 0.05) is 13.2 Å². The van der Waals surface area contributed by atoms with Gasteiger partial charge >= 0.3 is 0 Å². The minimum absolute atomic E-state index is 0.135. The highest BCUT2D eigenvalue weighted by Crippen LogP contribution is 2.39. The Balaban J connectivity index is 2.37. The van der Waals surface area contributed by atoms with Crippen LogP contribution in [0.15, 0.2) is 10.7 Å². The molecule has 1 aromatic heterocycles. The van der Waals surface area contributed by atoms with Gasteiger partial charge in [0.05, 0.1) is 28.0 Å². The van der Waals surface area contributed by atoms with Crippen molar-refractivity contribution in [2.45, 2.75) is 44.9 Å². The molecule has 0 radical (unpaired) electrons. The maximum Gasteiger partial charge on any atom is 0.0864 e. The topological polar surface area (TPSA) is 39.1 Å². The van der Waals surface area contributed by atoms with E-state index in [2.05, 4.69) is 40.2 Å². The lowest BCUT2D eigenvalue weighted by Crippen LogP contribution is -2.41. The van der Waals surface area contributed by atoms with Crippen molar-refractivity contribution in [2.24, 2.45) is 0 Å². The summed E-state index contributed by atoms with van der Waals surface area (Å²) in [7, 11) is 1.98. The van der Waals surface area contributed by atoms with Crippen molar-refractivity contribution in [1.29, 1.82) is 0 Å². The van der Waals surface area contributed by atoms with Gasteiger partial charge in [-0.15, -0.1) is 0 Å². The first-order valence-electron chi connectivity index (χ1n) is 6.15. The second-order valence-electron chi connectivity index (χ2n) is 4.68. The summed E-state index contributed by atoms with van der Waals surface area (Å²) in [5.41, 5.74) is 1.05. The molecular weight excluding hydrogens is 282 g/mol. The number of rotatable bonds is 4. The van der Waals surface area contributed by atoms with Crippen LogP contribution in [0.5, 0.6) is 0 Å². The first-order valence-corrected chi connectivity index (χ1v) is 6.94. The molecule has 1 N–H and O–H groups in total. The van der Waals surface area contributed by atoms with Crippen molar-refractivity contribution in [3.8, 4) is 0 Å². The van der Waals surface area contributed by atoms with E-state index in [9.17, 15) is 0 Å². The molecule has 2 atom stereocenters. The van der Waals surface area contributed by atoms with Crippen LogP contribution in [0, 0.1) is 0 Å². The highest BCUT2D eigenvalue weighted by molar-refractivity contribution is 9.10. The summed E-state index contributed by atoms with van der Waals surface area (Å²) in [5, 5.41) is 7.77. The van der Waals surface area contributed by atoms with Crippen LogP contribution in [0.2, 0.25) is 0 Å². The number of nitrogens with zero attached hydrogens (tertiary/aromatic N) is 2. The molecule has 2 rings (SSSR count). The Morgan fingerprint density at radius 1 is 1.71 bits per heavy atom. The van der Waals surface area contributed by atoms with E-state index in [1.54, 1.807) is 0 Å². The highest BCUT2D eigenvalue weighted by atomic mass is 79.9. The van der Waals surface area contributed by atoms with Crippen LogP contribution in [0.3, 0.4) is 0 Å². The van der Waals surface area contributed by atoms with Crippen LogP contribution in [-0.2, 0) is 11.3 Å². The van der Waals surface area contributed by atoms with Crippen molar-refractivity contribution in [3.05, 3.63) is 16.4 Å². The molecule has 2 heterocycles. The fourth-order valence-electron chi connectivity index (χ4n) is 2.67. The molecule has 0 amide bonds. The SMILES string of the molecule is CCn1ncc(Br)c1C(NC)C1(C)CCCO1. The van der Waals surface area contributed by atoms with Gasteiger partial charge in [0.2, 0.25) is 0 Å². The van der Waals surface area contributed by atoms with Gasteiger partial charge in [-0.2, -0.15) is 5.10 Å². The zero-order valence-electron chi connectivity index (χ0n) is 10.7. The van der Waals surface area contributed by atoms with E-state index in [1.807, 2.05) is 17.9 Å². The van der Waals surface area contributed by atoms with Gasteiger partial charge in [0.25, 0.3) is 0 Å². The molecule has 0 saturated carbocycles. The Bertz CT molecular complexity index is 385. The third-order valence-electron chi connectivity index (χ3n) is 3.55. The zero-order valence-corrected chi connectivity index (χ0v) is 12.2. The molecule has 2 unspecified atom stereocenters. The maximum absolute atomic E-state index is 5.95. The Morgan fingerprint density at radius 3 is 3.00 bits per heavy atom. The van der Waals surface area contributed by atoms with E-state index >= 15 is 0 Å². The van der Waals surface area contributed by atoms with Crippen LogP contribution in [-0.4, -0.2) is 29.0 Å². The van der Waals surface area contributed by atoms with Crippen LogP contribution < -0.4 is 5.32 Å². The minimum Gasteiger partial charge on any atom is -0.373 e. The Morgan fingerprint density at radius 2 is 2.47 bits per heavy atom. The molecule has 1 aliphatic heterocycles. The first kappa shape index (κ1) is 13.1. The maximum atomic E-state index is 5.95. The lowest BCUT2D eigenvalue weighted by Gasteiger charge is -2.33. The van der Waals surface area contributed by atoms with Gasteiger partial charge in [-0.05, 0) is 49.7 Å². The number of ether oxygens (including phenoxy) is 1. The number of halogens is 1. The van der Waals surface area contributed by atoms with Gasteiger partial charge in [-0.25, -0.2) is 0 Å². The lowest BCUT2D eigenvalue weighted by atomic mass is 9.90. The smallest absolute Gasteiger partial charge is 0.0864 e. The first-order chi connectivity index (χ1) is 8.12. The zero-order chi connectivity index (χ0) is 12.5. The van der Waals surface area contributed by atoms with E-state index in [4.69, 9.17) is 4.74 Å². The predicted octanol–water partition coefficient (Wildman–Crippen LogP) is 2.50. The van der Waals surface area contributed by atoms with Crippen LogP contribution in [0.1, 0.15) is 38.4 Å². The molecule has 1 aromatic rings. The lowest BCUT2D eigenvalue weighted by molar-refractivity contribution is -0.0129. The summed E-state index contributed by atoms with van der Waals surface area (Å²) in [6.07, 6.45) is 4.08. The summed E-state index contributed by atoms with van der Waals surface area (Å²) in [6.45, 7) is 6.01. The van der Waals surface area contributed by atoms with Crippen molar-refractivity contribution in [2.75, 3.05) is 13.7 Å². The number of hydrogen-bond donors (Lipinski definition) is 1. The Labute approximate surface area is 111 Å². The van der Waals surface area contributed by atoms with Gasteiger partial charge in [0.15, 0.2) is 0 Å². The molecule has 5 heteroatoms. The molecule has 96 valence electrons. The molecule has 0 aliphatic carbocycles. The average molecular weight is 302 g/mol. The molecule has 17 heavy (non-hydrogen) atoms. The highest BCUT2D eigenvalue weighted by Gasteiger charge is 2.40. The molecule has 4 nitrogen and oxygen atoms in total. The fraction of sp³-hybridized carbons (Fsp3) is 0.750. The van der Waals surface area contributed by atoms with E-state index in [1.165, 1.54) is 5.69 Å². The van der Waals surface area contributed by atoms with Crippen LogP contribution in [0.4, 0.5) is 0 Å². The summed E-state index contributed by atoms with van der Waals surface area (Å²) < 4.78 is 9.02. The van der Waals surface area contributed by atoms with Crippen molar-refractivity contribution in [1.82, 2.24) is 15.1 Å². The monoisotopic (exact) mass is 301 g/mol. The summed E-state index contributed by atoms with van der Waals surface area (Å²) in [5.74, 6) is 0. The number of nitrogens with one attached hydrogen (secondary N) is 1. The van der Waals surface area contributed by atoms with E-state index in [0.717, 1.165) is 30.5 Å². The standard InChI is InChI=1S/C12H20BrN3O/c1-4-16-10(9(13)8-15-16)11(14-3)12(2)6-5-7-17-12/h8,11,14H,4-7H2,1-3H3. The second kappa shape index (κ2) is 5.08. The normalized spacial score (nSPS) is 26.4. The van der Waals surface area contributed by atoms with E-state index in [-0.39, 0.29) is 11.6 Å². The minimum atomic E-state index is -0.135. The molecule has 0 spiro atoms. The molecule has 1 fully saturated rings. The third-order valence-corrected chi connectivity index (χ3v) is 4.17. The third kappa shape index (κ3) is 2.28. The number of aromatic nitrogens is 2. The predicted molar refractivity (Wildman–Crippen MR) is 71.0 cm³/mol. The molecule has 0 aromatic carbocycles. The van der Waals surface area contributed by atoms with Gasteiger partial charge in [0.1, 0.15) is 0 Å². The van der Waals surface area contributed by atoms with Crippen molar-refractivity contribution < 1.29 is 4.74 Å². The Hall–Kier alpha value is -0.390.